The van der Waals surface area contributed by atoms with Crippen molar-refractivity contribution in [3.63, 3.8) is 0 Å². The van der Waals surface area contributed by atoms with E-state index in [4.69, 9.17) is 0 Å². The quantitative estimate of drug-likeness (QED) is 0.278. The molecule has 0 bridgehead atoms. The molecular weight excluding hydrogens is 215 g/mol. The molecule has 0 spiro atoms. The molecule has 0 aliphatic carbocycles. The van der Waals surface area contributed by atoms with E-state index >= 15 is 0 Å². The molecule has 1 atom stereocenters. The predicted octanol–water partition coefficient (Wildman–Crippen LogP) is -2.32. The third-order valence-electron chi connectivity index (χ3n) is 1.48. The first-order chi connectivity index (χ1) is 3.77. The van der Waals surface area contributed by atoms with Crippen LogP contribution in [0.1, 0.15) is 13.3 Å². The van der Waals surface area contributed by atoms with Crippen LogP contribution in [0.15, 0.2) is 0 Å². The van der Waals surface area contributed by atoms with E-state index in [0.717, 1.165) is 12.7 Å². The molecule has 1 aliphatic rings. The third-order valence-corrected chi connectivity index (χ3v) is 5.07. The number of rotatable bonds is 1. The van der Waals surface area contributed by atoms with Gasteiger partial charge in [-0.1, -0.05) is 0 Å². The third kappa shape index (κ3) is 1.21. The van der Waals surface area contributed by atoms with Gasteiger partial charge < -0.3 is 0 Å². The van der Waals surface area contributed by atoms with Gasteiger partial charge in [-0.2, -0.15) is 0 Å². The van der Waals surface area contributed by atoms with E-state index in [1.807, 2.05) is 0 Å². The van der Waals surface area contributed by atoms with Gasteiger partial charge in [0.2, 0.25) is 0 Å². The summed E-state index contributed by atoms with van der Waals surface area (Å²) in [4.78, 5) is 10.3. The fourth-order valence-electron chi connectivity index (χ4n) is 0.723. The maximum atomic E-state index is 10.3. The van der Waals surface area contributed by atoms with E-state index < -0.39 is 0 Å². The molecule has 48 valence electrons. The molecule has 0 aromatic heterocycles. The van der Waals surface area contributed by atoms with Crippen LogP contribution in [0.3, 0.4) is 0 Å². The Morgan fingerprint density at radius 3 is 2.75 bits per heavy atom. The standard InChI is InChI=1S/C6H10IO/c1-6(5-8)2-3-7-4-6/h5H,2-4H2,1H3/q-1. The number of halogens is 1. The molecule has 1 rings (SSSR count). The van der Waals surface area contributed by atoms with Crippen molar-refractivity contribution in [1.29, 1.82) is 0 Å². The molecule has 1 heterocycles. The summed E-state index contributed by atoms with van der Waals surface area (Å²) in [6.45, 7) is 2.08. The Bertz CT molecular complexity index is 94.7. The van der Waals surface area contributed by atoms with Crippen LogP contribution in [0.4, 0.5) is 0 Å². The summed E-state index contributed by atoms with van der Waals surface area (Å²) in [6, 6.07) is 0. The zero-order valence-electron chi connectivity index (χ0n) is 4.98. The van der Waals surface area contributed by atoms with Crippen molar-refractivity contribution < 1.29 is 26.0 Å². The van der Waals surface area contributed by atoms with Crippen LogP contribution < -0.4 is 21.2 Å². The van der Waals surface area contributed by atoms with E-state index in [2.05, 4.69) is 6.92 Å². The molecule has 2 heteroatoms. The van der Waals surface area contributed by atoms with E-state index in [-0.39, 0.29) is 5.41 Å². The first-order valence-electron chi connectivity index (χ1n) is 2.77. The molecule has 0 N–H and O–H groups in total. The SMILES string of the molecule is CC1(C=O)CC[I-]C1. The van der Waals surface area contributed by atoms with Crippen LogP contribution >= 0.6 is 0 Å². The van der Waals surface area contributed by atoms with Crippen molar-refractivity contribution in [2.75, 3.05) is 8.86 Å². The van der Waals surface area contributed by atoms with Gasteiger partial charge in [0.05, 0.1) is 0 Å². The number of alkyl halides is 2. The van der Waals surface area contributed by atoms with Gasteiger partial charge in [-0.3, -0.25) is 0 Å². The molecule has 0 radical (unpaired) electrons. The van der Waals surface area contributed by atoms with Crippen molar-refractivity contribution in [3.8, 4) is 0 Å². The molecule has 8 heavy (non-hydrogen) atoms. The first-order valence-corrected chi connectivity index (χ1v) is 5.82. The van der Waals surface area contributed by atoms with Crippen molar-refractivity contribution >= 4 is 6.29 Å². The monoisotopic (exact) mass is 225 g/mol. The zero-order chi connectivity index (χ0) is 6.04. The average Bonchev–Trinajstić information content (AvgIpc) is 2.17. The molecule has 0 saturated carbocycles. The van der Waals surface area contributed by atoms with Crippen LogP contribution in [-0.2, 0) is 4.79 Å². The Kier molecular flexibility index (Phi) is 1.90. The van der Waals surface area contributed by atoms with Crippen LogP contribution in [0.2, 0.25) is 0 Å². The van der Waals surface area contributed by atoms with E-state index in [9.17, 15) is 4.79 Å². The van der Waals surface area contributed by atoms with Gasteiger partial charge in [-0.25, -0.2) is 0 Å². The molecule has 0 aromatic rings. The second-order valence-corrected chi connectivity index (χ2v) is 5.45. The normalized spacial score (nSPS) is 38.6. The maximum absolute atomic E-state index is 10.3. The van der Waals surface area contributed by atoms with Crippen LogP contribution in [-0.4, -0.2) is 15.1 Å². The van der Waals surface area contributed by atoms with Crippen LogP contribution in [0, 0.1) is 5.41 Å². The Labute approximate surface area is 60.1 Å². The Morgan fingerprint density at radius 1 is 1.75 bits per heavy atom. The fourth-order valence-corrected chi connectivity index (χ4v) is 4.51. The van der Waals surface area contributed by atoms with Crippen molar-refractivity contribution in [1.82, 2.24) is 0 Å². The molecule has 0 amide bonds. The number of carbonyl (C=O) groups excluding carboxylic acids is 1. The molecule has 1 unspecified atom stereocenters. The zero-order valence-corrected chi connectivity index (χ0v) is 7.14. The summed E-state index contributed by atoms with van der Waals surface area (Å²) in [6.07, 6.45) is 2.30. The van der Waals surface area contributed by atoms with Crippen LogP contribution in [0.25, 0.3) is 0 Å². The summed E-state index contributed by atoms with van der Waals surface area (Å²) in [7, 11) is 0. The molecule has 1 aliphatic heterocycles. The van der Waals surface area contributed by atoms with Crippen molar-refractivity contribution in [3.05, 3.63) is 0 Å². The van der Waals surface area contributed by atoms with Gasteiger partial charge in [0.25, 0.3) is 0 Å². The van der Waals surface area contributed by atoms with E-state index in [1.54, 1.807) is 0 Å². The molecule has 0 aromatic carbocycles. The summed E-state index contributed by atoms with van der Waals surface area (Å²) >= 11 is 0.415. The van der Waals surface area contributed by atoms with Gasteiger partial charge in [0.15, 0.2) is 0 Å². The van der Waals surface area contributed by atoms with E-state index in [0.29, 0.717) is 21.2 Å². The molecule has 1 saturated heterocycles. The van der Waals surface area contributed by atoms with Gasteiger partial charge in [0, 0.05) is 0 Å². The number of carbonyl (C=O) groups is 1. The number of aldehydes is 1. The Morgan fingerprint density at radius 2 is 2.50 bits per heavy atom. The summed E-state index contributed by atoms with van der Waals surface area (Å²) in [5.74, 6) is 0. The van der Waals surface area contributed by atoms with Gasteiger partial charge in [0.1, 0.15) is 0 Å². The van der Waals surface area contributed by atoms with E-state index in [1.165, 1.54) is 8.86 Å². The summed E-state index contributed by atoms with van der Waals surface area (Å²) < 4.78 is 2.57. The van der Waals surface area contributed by atoms with Crippen LogP contribution in [0.5, 0.6) is 0 Å². The van der Waals surface area contributed by atoms with Crippen molar-refractivity contribution in [2.24, 2.45) is 5.41 Å². The number of hydrogen-bond acceptors (Lipinski definition) is 1. The second-order valence-electron chi connectivity index (χ2n) is 2.53. The minimum absolute atomic E-state index is 0.104. The summed E-state index contributed by atoms with van der Waals surface area (Å²) in [5, 5.41) is 0. The molecule has 1 nitrogen and oxygen atoms in total. The van der Waals surface area contributed by atoms with Gasteiger partial charge in [-0.05, 0) is 0 Å². The Hall–Kier alpha value is 0.400. The fraction of sp³-hybridized carbons (Fsp3) is 0.833. The second kappa shape index (κ2) is 2.33. The summed E-state index contributed by atoms with van der Waals surface area (Å²) in [5.41, 5.74) is 0.104. The Balaban J connectivity index is 2.52. The minimum atomic E-state index is 0.104. The van der Waals surface area contributed by atoms with Crippen molar-refractivity contribution in [2.45, 2.75) is 13.3 Å². The average molecular weight is 225 g/mol. The molecular formula is C6H10IO-. The molecule has 1 fully saturated rings. The number of hydrogen-bond donors (Lipinski definition) is 0. The predicted molar refractivity (Wildman–Crippen MR) is 28.5 cm³/mol. The first kappa shape index (κ1) is 6.52. The van der Waals surface area contributed by atoms with Gasteiger partial charge in [-0.15, -0.1) is 0 Å². The van der Waals surface area contributed by atoms with Gasteiger partial charge >= 0.3 is 59.9 Å². The topological polar surface area (TPSA) is 17.1 Å².